The van der Waals surface area contributed by atoms with Crippen molar-refractivity contribution in [1.29, 1.82) is 0 Å². The normalized spacial score (nSPS) is 10.9. The Morgan fingerprint density at radius 3 is 2.33 bits per heavy atom. The first-order chi connectivity index (χ1) is 10.1. The molecule has 3 nitrogen and oxygen atoms in total. The van der Waals surface area contributed by atoms with Crippen molar-refractivity contribution in [2.24, 2.45) is 5.84 Å². The molecule has 0 atom stereocenters. The number of pyridine rings is 1. The van der Waals surface area contributed by atoms with E-state index in [-0.39, 0.29) is 0 Å². The van der Waals surface area contributed by atoms with Gasteiger partial charge in [0.1, 0.15) is 5.82 Å². The molecule has 3 aromatic rings. The highest BCUT2D eigenvalue weighted by atomic mass is 35.5. The summed E-state index contributed by atoms with van der Waals surface area (Å²) in [5, 5.41) is 1.81. The summed E-state index contributed by atoms with van der Waals surface area (Å²) in [6, 6.07) is 14.0. The molecule has 1 heterocycles. The van der Waals surface area contributed by atoms with Crippen LogP contribution in [0.5, 0.6) is 0 Å². The summed E-state index contributed by atoms with van der Waals surface area (Å²) in [6.45, 7) is 4.19. The Morgan fingerprint density at radius 2 is 1.67 bits per heavy atom. The van der Waals surface area contributed by atoms with Crippen LogP contribution in [0, 0.1) is 13.8 Å². The molecule has 0 spiro atoms. The van der Waals surface area contributed by atoms with E-state index in [0.29, 0.717) is 10.8 Å². The average molecular weight is 298 g/mol. The lowest BCUT2D eigenvalue weighted by Gasteiger charge is -2.12. The SMILES string of the molecule is Cc1cc2cc(-c3ccc(Cl)cc3)c(NN)nc2cc1C. The van der Waals surface area contributed by atoms with Gasteiger partial charge in [0.05, 0.1) is 5.52 Å². The van der Waals surface area contributed by atoms with Gasteiger partial charge in [0.15, 0.2) is 0 Å². The van der Waals surface area contributed by atoms with E-state index >= 15 is 0 Å². The van der Waals surface area contributed by atoms with Crippen molar-refractivity contribution in [3.05, 3.63) is 58.6 Å². The van der Waals surface area contributed by atoms with Gasteiger partial charge < -0.3 is 5.43 Å². The number of hydrazine groups is 1. The smallest absolute Gasteiger partial charge is 0.148 e. The van der Waals surface area contributed by atoms with E-state index in [2.05, 4.69) is 42.5 Å². The summed E-state index contributed by atoms with van der Waals surface area (Å²) in [7, 11) is 0. The van der Waals surface area contributed by atoms with Crippen LogP contribution in [0.3, 0.4) is 0 Å². The third-order valence-electron chi connectivity index (χ3n) is 3.72. The first-order valence-electron chi connectivity index (χ1n) is 6.73. The molecule has 21 heavy (non-hydrogen) atoms. The summed E-state index contributed by atoms with van der Waals surface area (Å²) >= 11 is 5.95. The Balaban J connectivity index is 2.26. The highest BCUT2D eigenvalue weighted by Crippen LogP contribution is 2.31. The molecule has 0 fully saturated rings. The van der Waals surface area contributed by atoms with E-state index in [1.54, 1.807) is 0 Å². The number of nitrogens with one attached hydrogen (secondary N) is 1. The number of hydrogen-bond acceptors (Lipinski definition) is 3. The molecule has 106 valence electrons. The third kappa shape index (κ3) is 2.58. The maximum Gasteiger partial charge on any atom is 0.148 e. The highest BCUT2D eigenvalue weighted by molar-refractivity contribution is 6.30. The van der Waals surface area contributed by atoms with Gasteiger partial charge in [0.25, 0.3) is 0 Å². The van der Waals surface area contributed by atoms with Gasteiger partial charge >= 0.3 is 0 Å². The summed E-state index contributed by atoms with van der Waals surface area (Å²) in [6.07, 6.45) is 0. The molecule has 0 aliphatic heterocycles. The maximum atomic E-state index is 5.95. The van der Waals surface area contributed by atoms with Crippen LogP contribution in [-0.2, 0) is 0 Å². The number of nitrogens with zero attached hydrogens (tertiary/aromatic N) is 1. The zero-order valence-corrected chi connectivity index (χ0v) is 12.7. The second-order valence-electron chi connectivity index (χ2n) is 5.16. The van der Waals surface area contributed by atoms with Crippen molar-refractivity contribution in [3.8, 4) is 11.1 Å². The van der Waals surface area contributed by atoms with E-state index in [1.165, 1.54) is 11.1 Å². The number of hydrogen-bond donors (Lipinski definition) is 2. The highest BCUT2D eigenvalue weighted by Gasteiger charge is 2.09. The fraction of sp³-hybridized carbons (Fsp3) is 0.118. The van der Waals surface area contributed by atoms with E-state index in [1.807, 2.05) is 24.3 Å². The molecule has 3 rings (SSSR count). The minimum Gasteiger partial charge on any atom is -0.308 e. The molecule has 0 amide bonds. The van der Waals surface area contributed by atoms with Crippen LogP contribution < -0.4 is 11.3 Å². The maximum absolute atomic E-state index is 5.95. The lowest BCUT2D eigenvalue weighted by Crippen LogP contribution is -2.10. The Morgan fingerprint density at radius 1 is 1.00 bits per heavy atom. The monoisotopic (exact) mass is 297 g/mol. The lowest BCUT2D eigenvalue weighted by molar-refractivity contribution is 1.25. The molecule has 0 saturated carbocycles. The van der Waals surface area contributed by atoms with Crippen molar-refractivity contribution in [3.63, 3.8) is 0 Å². The number of anilines is 1. The van der Waals surface area contributed by atoms with Gasteiger partial charge in [-0.05, 0) is 60.9 Å². The molecule has 0 saturated heterocycles. The van der Waals surface area contributed by atoms with Crippen molar-refractivity contribution >= 4 is 28.3 Å². The van der Waals surface area contributed by atoms with Gasteiger partial charge in [-0.3, -0.25) is 0 Å². The minimum atomic E-state index is 0.660. The first kappa shape index (κ1) is 13.9. The number of nitrogen functional groups attached to an aromatic ring is 1. The largest absolute Gasteiger partial charge is 0.308 e. The second kappa shape index (κ2) is 5.35. The van der Waals surface area contributed by atoms with Crippen molar-refractivity contribution in [2.75, 3.05) is 5.43 Å². The molecular formula is C17H16ClN3. The number of nitrogens with two attached hydrogens (primary N) is 1. The average Bonchev–Trinajstić information content (AvgIpc) is 2.48. The van der Waals surface area contributed by atoms with Gasteiger partial charge in [-0.2, -0.15) is 0 Å². The van der Waals surface area contributed by atoms with Crippen LogP contribution in [0.25, 0.3) is 22.0 Å². The zero-order chi connectivity index (χ0) is 15.0. The van der Waals surface area contributed by atoms with Crippen molar-refractivity contribution < 1.29 is 0 Å². The van der Waals surface area contributed by atoms with Gasteiger partial charge in [0, 0.05) is 16.0 Å². The molecule has 0 aliphatic rings. The van der Waals surface area contributed by atoms with E-state index in [4.69, 9.17) is 17.4 Å². The van der Waals surface area contributed by atoms with E-state index in [9.17, 15) is 0 Å². The molecule has 1 aromatic heterocycles. The van der Waals surface area contributed by atoms with Crippen LogP contribution in [0.4, 0.5) is 5.82 Å². The zero-order valence-electron chi connectivity index (χ0n) is 11.9. The second-order valence-corrected chi connectivity index (χ2v) is 5.60. The fourth-order valence-corrected chi connectivity index (χ4v) is 2.53. The molecule has 4 heteroatoms. The van der Waals surface area contributed by atoms with E-state index < -0.39 is 0 Å². The van der Waals surface area contributed by atoms with Crippen LogP contribution in [0.2, 0.25) is 5.02 Å². The molecule has 0 radical (unpaired) electrons. The summed E-state index contributed by atoms with van der Waals surface area (Å²) in [4.78, 5) is 4.63. The Labute approximate surface area is 128 Å². The van der Waals surface area contributed by atoms with Gasteiger partial charge in [0.2, 0.25) is 0 Å². The summed E-state index contributed by atoms with van der Waals surface area (Å²) in [5.41, 5.74) is 8.08. The predicted octanol–water partition coefficient (Wildman–Crippen LogP) is 4.46. The third-order valence-corrected chi connectivity index (χ3v) is 3.97. The van der Waals surface area contributed by atoms with Gasteiger partial charge in [-0.1, -0.05) is 23.7 Å². The summed E-state index contributed by atoms with van der Waals surface area (Å²) in [5.74, 6) is 6.30. The number of aryl methyl sites for hydroxylation is 2. The van der Waals surface area contributed by atoms with E-state index in [0.717, 1.165) is 22.0 Å². The molecule has 0 unspecified atom stereocenters. The van der Waals surface area contributed by atoms with Gasteiger partial charge in [-0.25, -0.2) is 10.8 Å². The summed E-state index contributed by atoms with van der Waals surface area (Å²) < 4.78 is 0. The van der Waals surface area contributed by atoms with Crippen LogP contribution in [-0.4, -0.2) is 4.98 Å². The Hall–Kier alpha value is -2.10. The molecule has 2 aromatic carbocycles. The number of fused-ring (bicyclic) bond motifs is 1. The van der Waals surface area contributed by atoms with Crippen molar-refractivity contribution in [2.45, 2.75) is 13.8 Å². The minimum absolute atomic E-state index is 0.660. The Bertz CT molecular complexity index is 810. The molecular weight excluding hydrogens is 282 g/mol. The number of halogens is 1. The quantitative estimate of drug-likeness (QED) is 0.542. The van der Waals surface area contributed by atoms with Gasteiger partial charge in [-0.15, -0.1) is 0 Å². The first-order valence-corrected chi connectivity index (χ1v) is 7.11. The number of benzene rings is 2. The number of aromatic nitrogens is 1. The van der Waals surface area contributed by atoms with Crippen molar-refractivity contribution in [1.82, 2.24) is 4.98 Å². The molecule has 3 N–H and O–H groups in total. The predicted molar refractivity (Wildman–Crippen MR) is 89.5 cm³/mol. The van der Waals surface area contributed by atoms with Crippen LogP contribution in [0.1, 0.15) is 11.1 Å². The molecule has 0 bridgehead atoms. The number of rotatable bonds is 2. The lowest BCUT2D eigenvalue weighted by atomic mass is 10.0. The topological polar surface area (TPSA) is 50.9 Å². The van der Waals surface area contributed by atoms with Crippen LogP contribution in [0.15, 0.2) is 42.5 Å². The standard InChI is InChI=1S/C17H16ClN3/c1-10-7-13-9-15(12-3-5-14(18)6-4-12)17(21-19)20-16(13)8-11(10)2/h3-9H,19H2,1-2H3,(H,20,21). The Kier molecular flexibility index (Phi) is 3.53. The van der Waals surface area contributed by atoms with Crippen LogP contribution >= 0.6 is 11.6 Å². The fourth-order valence-electron chi connectivity index (χ4n) is 2.40. The molecule has 0 aliphatic carbocycles.